The van der Waals surface area contributed by atoms with Crippen molar-refractivity contribution in [3.05, 3.63) is 23.8 Å². The Kier molecular flexibility index (Phi) is 3.70. The smallest absolute Gasteiger partial charge is 0.119 e. The molecule has 0 unspecified atom stereocenters. The molecule has 1 N–H and O–H groups in total. The molecule has 0 saturated carbocycles. The lowest BCUT2D eigenvalue weighted by atomic mass is 9.95. The maximum absolute atomic E-state index is 5.24. The van der Waals surface area contributed by atoms with Crippen LogP contribution in [-0.4, -0.2) is 13.2 Å². The molecule has 2 nitrogen and oxygen atoms in total. The summed E-state index contributed by atoms with van der Waals surface area (Å²) in [5, 5.41) is 3.63. The van der Waals surface area contributed by atoms with E-state index >= 15 is 0 Å². The molecule has 0 amide bonds. The van der Waals surface area contributed by atoms with Crippen molar-refractivity contribution in [1.82, 2.24) is 0 Å². The van der Waals surface area contributed by atoms with E-state index in [0.29, 0.717) is 6.04 Å². The lowest BCUT2D eigenvalue weighted by Crippen LogP contribution is -2.25. The first kappa shape index (κ1) is 11.3. The van der Waals surface area contributed by atoms with Gasteiger partial charge in [-0.2, -0.15) is 0 Å². The minimum atomic E-state index is 0.667. The Morgan fingerprint density at radius 3 is 3.06 bits per heavy atom. The van der Waals surface area contributed by atoms with Gasteiger partial charge in [0, 0.05) is 11.7 Å². The van der Waals surface area contributed by atoms with Crippen molar-refractivity contribution in [1.29, 1.82) is 0 Å². The Hall–Kier alpha value is -1.18. The summed E-state index contributed by atoms with van der Waals surface area (Å²) in [6.07, 6.45) is 6.33. The van der Waals surface area contributed by atoms with E-state index in [1.165, 1.54) is 43.4 Å². The van der Waals surface area contributed by atoms with Crippen LogP contribution in [0, 0.1) is 0 Å². The number of rotatable bonds is 4. The van der Waals surface area contributed by atoms with E-state index in [-0.39, 0.29) is 0 Å². The molecule has 2 heteroatoms. The molecule has 16 heavy (non-hydrogen) atoms. The minimum absolute atomic E-state index is 0.667. The Labute approximate surface area is 98.0 Å². The van der Waals surface area contributed by atoms with Crippen molar-refractivity contribution < 1.29 is 4.74 Å². The summed E-state index contributed by atoms with van der Waals surface area (Å²) in [6, 6.07) is 7.00. The normalized spacial score (nSPS) is 18.8. The van der Waals surface area contributed by atoms with Crippen molar-refractivity contribution in [3.63, 3.8) is 0 Å². The van der Waals surface area contributed by atoms with E-state index in [9.17, 15) is 0 Å². The SMILES string of the molecule is CCCC[C@@H]1CCc2cc(OC)ccc2N1. The zero-order chi connectivity index (χ0) is 11.4. The second kappa shape index (κ2) is 5.24. The fourth-order valence-corrected chi connectivity index (χ4v) is 2.33. The van der Waals surface area contributed by atoms with Crippen LogP contribution in [0.15, 0.2) is 18.2 Å². The lowest BCUT2D eigenvalue weighted by molar-refractivity contribution is 0.414. The molecule has 1 aliphatic rings. The van der Waals surface area contributed by atoms with Gasteiger partial charge in [0.15, 0.2) is 0 Å². The van der Waals surface area contributed by atoms with Crippen LogP contribution in [0.5, 0.6) is 5.75 Å². The quantitative estimate of drug-likeness (QED) is 0.835. The van der Waals surface area contributed by atoms with Crippen LogP contribution >= 0.6 is 0 Å². The van der Waals surface area contributed by atoms with Crippen LogP contribution in [0.25, 0.3) is 0 Å². The average molecular weight is 219 g/mol. The number of anilines is 1. The zero-order valence-electron chi connectivity index (χ0n) is 10.3. The molecule has 0 saturated heterocycles. The van der Waals surface area contributed by atoms with E-state index < -0.39 is 0 Å². The van der Waals surface area contributed by atoms with Crippen molar-refractivity contribution in [3.8, 4) is 5.75 Å². The average Bonchev–Trinajstić information content (AvgIpc) is 2.35. The second-order valence-electron chi connectivity index (χ2n) is 4.55. The Balaban J connectivity index is 2.04. The molecule has 2 rings (SSSR count). The first-order chi connectivity index (χ1) is 7.83. The summed E-state index contributed by atoms with van der Waals surface area (Å²) < 4.78 is 5.24. The van der Waals surface area contributed by atoms with Gasteiger partial charge in [0.05, 0.1) is 7.11 Å². The second-order valence-corrected chi connectivity index (χ2v) is 4.55. The van der Waals surface area contributed by atoms with Crippen molar-refractivity contribution in [2.45, 2.75) is 45.1 Å². The number of hydrogen-bond donors (Lipinski definition) is 1. The van der Waals surface area contributed by atoms with E-state index in [1.807, 2.05) is 6.07 Å². The number of nitrogens with one attached hydrogen (secondary N) is 1. The van der Waals surface area contributed by atoms with E-state index in [2.05, 4.69) is 24.4 Å². The molecule has 1 aromatic carbocycles. The largest absolute Gasteiger partial charge is 0.497 e. The van der Waals surface area contributed by atoms with Crippen LogP contribution in [0.2, 0.25) is 0 Å². The molecular formula is C14H21NO. The highest BCUT2D eigenvalue weighted by atomic mass is 16.5. The van der Waals surface area contributed by atoms with Gasteiger partial charge in [-0.1, -0.05) is 19.8 Å². The molecule has 1 atom stereocenters. The first-order valence-electron chi connectivity index (χ1n) is 6.27. The molecule has 0 aromatic heterocycles. The van der Waals surface area contributed by atoms with Gasteiger partial charge in [0.1, 0.15) is 5.75 Å². The summed E-state index contributed by atoms with van der Waals surface area (Å²) in [5.41, 5.74) is 2.69. The maximum Gasteiger partial charge on any atom is 0.119 e. The molecule has 1 aliphatic heterocycles. The van der Waals surface area contributed by atoms with Crippen molar-refractivity contribution in [2.75, 3.05) is 12.4 Å². The summed E-state index contributed by atoms with van der Waals surface area (Å²) in [5.74, 6) is 0.965. The molecule has 1 heterocycles. The van der Waals surface area contributed by atoms with Gasteiger partial charge >= 0.3 is 0 Å². The molecule has 0 bridgehead atoms. The predicted octanol–water partition coefficient (Wildman–Crippen LogP) is 3.61. The minimum Gasteiger partial charge on any atom is -0.497 e. The standard InChI is InChI=1S/C14H21NO/c1-3-4-5-12-7-6-11-10-13(16-2)8-9-14(11)15-12/h8-10,12,15H,3-7H2,1-2H3/t12-/m1/s1. The van der Waals surface area contributed by atoms with Crippen LogP contribution < -0.4 is 10.1 Å². The van der Waals surface area contributed by atoms with Gasteiger partial charge in [-0.05, 0) is 43.0 Å². The summed E-state index contributed by atoms with van der Waals surface area (Å²) in [4.78, 5) is 0. The molecule has 0 aliphatic carbocycles. The van der Waals surface area contributed by atoms with Gasteiger partial charge in [0.25, 0.3) is 0 Å². The third-order valence-corrected chi connectivity index (χ3v) is 3.34. The van der Waals surface area contributed by atoms with Gasteiger partial charge in [-0.15, -0.1) is 0 Å². The van der Waals surface area contributed by atoms with Gasteiger partial charge in [-0.25, -0.2) is 0 Å². The lowest BCUT2D eigenvalue weighted by Gasteiger charge is -2.27. The topological polar surface area (TPSA) is 21.3 Å². The number of fused-ring (bicyclic) bond motifs is 1. The van der Waals surface area contributed by atoms with Crippen molar-refractivity contribution >= 4 is 5.69 Å². The van der Waals surface area contributed by atoms with E-state index in [4.69, 9.17) is 4.74 Å². The maximum atomic E-state index is 5.24. The number of benzene rings is 1. The first-order valence-corrected chi connectivity index (χ1v) is 6.27. The summed E-state index contributed by atoms with van der Waals surface area (Å²) >= 11 is 0. The van der Waals surface area contributed by atoms with Crippen LogP contribution in [-0.2, 0) is 6.42 Å². The Morgan fingerprint density at radius 2 is 2.31 bits per heavy atom. The van der Waals surface area contributed by atoms with Gasteiger partial charge < -0.3 is 10.1 Å². The third kappa shape index (κ3) is 2.49. The predicted molar refractivity (Wildman–Crippen MR) is 68.3 cm³/mol. The van der Waals surface area contributed by atoms with Crippen molar-refractivity contribution in [2.24, 2.45) is 0 Å². The number of unbranched alkanes of at least 4 members (excludes halogenated alkanes) is 1. The summed E-state index contributed by atoms with van der Waals surface area (Å²) in [7, 11) is 1.72. The molecule has 0 spiro atoms. The molecular weight excluding hydrogens is 198 g/mol. The number of methoxy groups -OCH3 is 1. The van der Waals surface area contributed by atoms with Crippen LogP contribution in [0.4, 0.5) is 5.69 Å². The van der Waals surface area contributed by atoms with E-state index in [0.717, 1.165) is 5.75 Å². The monoisotopic (exact) mass is 219 g/mol. The summed E-state index contributed by atoms with van der Waals surface area (Å²) in [6.45, 7) is 2.25. The number of aryl methyl sites for hydroxylation is 1. The number of hydrogen-bond acceptors (Lipinski definition) is 2. The van der Waals surface area contributed by atoms with Gasteiger partial charge in [0.2, 0.25) is 0 Å². The molecule has 1 aromatic rings. The Morgan fingerprint density at radius 1 is 1.44 bits per heavy atom. The highest BCUT2D eigenvalue weighted by molar-refractivity contribution is 5.56. The fourth-order valence-electron chi connectivity index (χ4n) is 2.33. The molecule has 88 valence electrons. The van der Waals surface area contributed by atoms with Gasteiger partial charge in [-0.3, -0.25) is 0 Å². The third-order valence-electron chi connectivity index (χ3n) is 3.34. The highest BCUT2D eigenvalue weighted by Gasteiger charge is 2.17. The zero-order valence-corrected chi connectivity index (χ0v) is 10.3. The van der Waals surface area contributed by atoms with Crippen LogP contribution in [0.1, 0.15) is 38.2 Å². The molecule has 0 radical (unpaired) electrons. The Bertz CT molecular complexity index is 349. The molecule has 0 fully saturated rings. The fraction of sp³-hybridized carbons (Fsp3) is 0.571. The van der Waals surface area contributed by atoms with E-state index in [1.54, 1.807) is 7.11 Å². The van der Waals surface area contributed by atoms with Crippen LogP contribution in [0.3, 0.4) is 0 Å². The highest BCUT2D eigenvalue weighted by Crippen LogP contribution is 2.29. The number of ether oxygens (including phenoxy) is 1.